The Bertz CT molecular complexity index is 1340. The summed E-state index contributed by atoms with van der Waals surface area (Å²) in [5.41, 5.74) is 2.26. The Morgan fingerprint density at radius 3 is 2.69 bits per heavy atom. The molecule has 1 saturated carbocycles. The van der Waals surface area contributed by atoms with Gasteiger partial charge in [-0.05, 0) is 37.1 Å². The second kappa shape index (κ2) is 8.86. The second-order valence-electron chi connectivity index (χ2n) is 8.78. The quantitative estimate of drug-likeness (QED) is 0.423. The molecule has 2 aliphatic rings. The Kier molecular flexibility index (Phi) is 5.40. The first-order valence-electron chi connectivity index (χ1n) is 11.7. The molecule has 0 radical (unpaired) electrons. The molecule has 1 amide bonds. The number of nitrogens with zero attached hydrogens (tertiary/aromatic N) is 7. The van der Waals surface area contributed by atoms with Crippen LogP contribution in [0.25, 0.3) is 17.3 Å². The summed E-state index contributed by atoms with van der Waals surface area (Å²) >= 11 is 0. The smallest absolute Gasteiger partial charge is 0.274 e. The van der Waals surface area contributed by atoms with Gasteiger partial charge in [0.05, 0.1) is 12.7 Å². The lowest BCUT2D eigenvalue weighted by molar-refractivity contribution is 0.0741. The fraction of sp³-hybridized carbons (Fsp3) is 0.320. The lowest BCUT2D eigenvalue weighted by atomic mass is 10.2. The minimum Gasteiger partial charge on any atom is -0.497 e. The van der Waals surface area contributed by atoms with Crippen LogP contribution in [0.1, 0.15) is 35.1 Å². The molecule has 10 nitrogen and oxygen atoms in total. The molecule has 1 aliphatic carbocycles. The predicted molar refractivity (Wildman–Crippen MR) is 128 cm³/mol. The Labute approximate surface area is 202 Å². The average Bonchev–Trinajstić information content (AvgIpc) is 3.44. The van der Waals surface area contributed by atoms with Crippen LogP contribution in [0.3, 0.4) is 0 Å². The van der Waals surface area contributed by atoms with Crippen LogP contribution in [0.4, 0.5) is 5.69 Å². The molecule has 35 heavy (non-hydrogen) atoms. The van der Waals surface area contributed by atoms with Gasteiger partial charge in [-0.3, -0.25) is 9.36 Å². The number of anilines is 1. The lowest BCUT2D eigenvalue weighted by Gasteiger charge is -2.35. The Balaban J connectivity index is 1.09. The number of amides is 1. The van der Waals surface area contributed by atoms with Crippen molar-refractivity contribution in [2.24, 2.45) is 0 Å². The Hall–Kier alpha value is -4.21. The van der Waals surface area contributed by atoms with Crippen LogP contribution in [0.2, 0.25) is 0 Å². The van der Waals surface area contributed by atoms with Crippen molar-refractivity contribution in [2.75, 3.05) is 38.2 Å². The van der Waals surface area contributed by atoms with Gasteiger partial charge in [-0.25, -0.2) is 9.97 Å². The van der Waals surface area contributed by atoms with Gasteiger partial charge < -0.3 is 19.1 Å². The van der Waals surface area contributed by atoms with Gasteiger partial charge in [0.1, 0.15) is 23.6 Å². The van der Waals surface area contributed by atoms with Crippen molar-refractivity contribution < 1.29 is 14.1 Å². The van der Waals surface area contributed by atoms with Gasteiger partial charge in [0, 0.05) is 56.2 Å². The Morgan fingerprint density at radius 2 is 1.94 bits per heavy atom. The van der Waals surface area contributed by atoms with Gasteiger partial charge in [-0.1, -0.05) is 11.2 Å². The largest absolute Gasteiger partial charge is 0.497 e. The van der Waals surface area contributed by atoms with Gasteiger partial charge in [0.2, 0.25) is 0 Å². The monoisotopic (exact) mass is 471 g/mol. The molecule has 4 aromatic rings. The van der Waals surface area contributed by atoms with Gasteiger partial charge in [0.25, 0.3) is 11.8 Å². The molecule has 10 heteroatoms. The number of methoxy groups -OCH3 is 1. The van der Waals surface area contributed by atoms with E-state index in [9.17, 15) is 4.79 Å². The normalized spacial score (nSPS) is 15.9. The van der Waals surface area contributed by atoms with E-state index in [1.54, 1.807) is 30.4 Å². The van der Waals surface area contributed by atoms with Gasteiger partial charge in [-0.2, -0.15) is 4.98 Å². The maximum absolute atomic E-state index is 13.1. The maximum atomic E-state index is 13.1. The number of carbonyl (C=O) groups excluding carboxylic acids is 1. The predicted octanol–water partition coefficient (Wildman–Crippen LogP) is 3.17. The first-order chi connectivity index (χ1) is 17.2. The number of hydrogen-bond donors (Lipinski definition) is 0. The van der Waals surface area contributed by atoms with E-state index in [1.807, 2.05) is 35.2 Å². The number of benzene rings is 1. The minimum absolute atomic E-state index is 0.0795. The number of imidazole rings is 1. The number of carbonyl (C=O) groups is 1. The van der Waals surface area contributed by atoms with Gasteiger partial charge >= 0.3 is 0 Å². The third-order valence-corrected chi connectivity index (χ3v) is 6.43. The standard InChI is InChI=1S/C25H25N7O3/c1-34-20-4-2-3-19(13-20)30-9-11-31(12-10-30)25(33)21-15-32(16-27-21)22-8-7-18(14-26-22)24-28-23(29-35-24)17-5-6-17/h2-4,7-8,13-17H,5-6,9-12H2,1H3. The highest BCUT2D eigenvalue weighted by molar-refractivity contribution is 5.92. The zero-order valence-electron chi connectivity index (χ0n) is 19.4. The topological polar surface area (TPSA) is 102 Å². The third-order valence-electron chi connectivity index (χ3n) is 6.43. The third kappa shape index (κ3) is 4.34. The summed E-state index contributed by atoms with van der Waals surface area (Å²) < 4.78 is 12.4. The summed E-state index contributed by atoms with van der Waals surface area (Å²) in [6, 6.07) is 11.7. The fourth-order valence-electron chi connectivity index (χ4n) is 4.22. The minimum atomic E-state index is -0.0795. The summed E-state index contributed by atoms with van der Waals surface area (Å²) in [4.78, 5) is 30.4. The van der Waals surface area contributed by atoms with Crippen LogP contribution in [0, 0.1) is 0 Å². The van der Waals surface area contributed by atoms with Crippen molar-refractivity contribution >= 4 is 11.6 Å². The second-order valence-corrected chi connectivity index (χ2v) is 8.78. The van der Waals surface area contributed by atoms with Crippen molar-refractivity contribution in [3.8, 4) is 23.0 Å². The lowest BCUT2D eigenvalue weighted by Crippen LogP contribution is -2.48. The highest BCUT2D eigenvalue weighted by Gasteiger charge is 2.29. The number of piperazine rings is 1. The van der Waals surface area contributed by atoms with E-state index in [0.717, 1.165) is 48.8 Å². The number of aromatic nitrogens is 5. The van der Waals surface area contributed by atoms with E-state index in [-0.39, 0.29) is 5.91 Å². The molecule has 2 fully saturated rings. The van der Waals surface area contributed by atoms with Crippen molar-refractivity contribution in [1.82, 2.24) is 29.6 Å². The number of rotatable bonds is 6. The zero-order chi connectivity index (χ0) is 23.8. The van der Waals surface area contributed by atoms with Crippen molar-refractivity contribution in [3.05, 3.63) is 66.6 Å². The van der Waals surface area contributed by atoms with E-state index in [2.05, 4.69) is 31.1 Å². The molecule has 0 unspecified atom stereocenters. The first-order valence-corrected chi connectivity index (χ1v) is 11.7. The van der Waals surface area contributed by atoms with Crippen LogP contribution in [-0.2, 0) is 0 Å². The van der Waals surface area contributed by atoms with Crippen LogP contribution >= 0.6 is 0 Å². The maximum Gasteiger partial charge on any atom is 0.274 e. The first kappa shape index (κ1) is 21.3. The molecule has 1 saturated heterocycles. The highest BCUT2D eigenvalue weighted by Crippen LogP contribution is 2.38. The van der Waals surface area contributed by atoms with Crippen LogP contribution in [0.15, 0.2) is 59.6 Å². The van der Waals surface area contributed by atoms with Crippen LogP contribution in [-0.4, -0.2) is 68.8 Å². The molecule has 4 heterocycles. The summed E-state index contributed by atoms with van der Waals surface area (Å²) in [5, 5.41) is 4.05. The van der Waals surface area contributed by atoms with E-state index in [1.165, 1.54) is 0 Å². The zero-order valence-corrected chi connectivity index (χ0v) is 19.4. The molecule has 0 spiro atoms. The van der Waals surface area contributed by atoms with E-state index in [0.29, 0.717) is 36.4 Å². The molecule has 6 rings (SSSR count). The number of ether oxygens (including phenoxy) is 1. The number of hydrogen-bond acceptors (Lipinski definition) is 8. The Morgan fingerprint density at radius 1 is 1.09 bits per heavy atom. The fourth-order valence-corrected chi connectivity index (χ4v) is 4.22. The molecule has 0 bridgehead atoms. The molecule has 1 aromatic carbocycles. The number of pyridine rings is 1. The summed E-state index contributed by atoms with van der Waals surface area (Å²) in [5.74, 6) is 3.08. The van der Waals surface area contributed by atoms with Crippen LogP contribution in [0.5, 0.6) is 5.75 Å². The molecule has 0 N–H and O–H groups in total. The van der Waals surface area contributed by atoms with Gasteiger partial charge in [0.15, 0.2) is 5.82 Å². The molecular formula is C25H25N7O3. The summed E-state index contributed by atoms with van der Waals surface area (Å²) in [6.45, 7) is 2.76. The highest BCUT2D eigenvalue weighted by atomic mass is 16.5. The molecule has 3 aromatic heterocycles. The van der Waals surface area contributed by atoms with Crippen LogP contribution < -0.4 is 9.64 Å². The van der Waals surface area contributed by atoms with E-state index in [4.69, 9.17) is 9.26 Å². The SMILES string of the molecule is COc1cccc(N2CCN(C(=O)c3cn(-c4ccc(-c5nc(C6CC6)no5)cn4)cn3)CC2)c1. The molecule has 0 atom stereocenters. The summed E-state index contributed by atoms with van der Waals surface area (Å²) in [7, 11) is 1.66. The van der Waals surface area contributed by atoms with Crippen molar-refractivity contribution in [2.45, 2.75) is 18.8 Å². The molecular weight excluding hydrogens is 446 g/mol. The van der Waals surface area contributed by atoms with E-state index >= 15 is 0 Å². The molecule has 1 aliphatic heterocycles. The van der Waals surface area contributed by atoms with Gasteiger partial charge in [-0.15, -0.1) is 0 Å². The average molecular weight is 472 g/mol. The summed E-state index contributed by atoms with van der Waals surface area (Å²) in [6.07, 6.45) is 7.26. The van der Waals surface area contributed by atoms with Crippen molar-refractivity contribution in [1.29, 1.82) is 0 Å². The van der Waals surface area contributed by atoms with E-state index < -0.39 is 0 Å². The van der Waals surface area contributed by atoms with Crippen molar-refractivity contribution in [3.63, 3.8) is 0 Å². The molecule has 178 valence electrons.